The number of alkyl halides is 3. The molecule has 22 heavy (non-hydrogen) atoms. The fourth-order valence-electron chi connectivity index (χ4n) is 1.44. The normalized spacial score (nSPS) is 11.6. The molecule has 0 radical (unpaired) electrons. The quantitative estimate of drug-likeness (QED) is 0.663. The lowest BCUT2D eigenvalue weighted by atomic mass is 10.0. The number of nitrogens with one attached hydrogen (secondary N) is 1. The molecule has 0 aliphatic rings. The molecule has 2 amide bonds. The van der Waals surface area contributed by atoms with Crippen molar-refractivity contribution in [3.8, 4) is 12.3 Å². The van der Waals surface area contributed by atoms with Gasteiger partial charge in [-0.05, 0) is 13.8 Å². The number of terminal acetylenes is 1. The topological polar surface area (TPSA) is 75.2 Å². The highest BCUT2D eigenvalue weighted by molar-refractivity contribution is 7.15. The smallest absolute Gasteiger partial charge is 0.308 e. The Hall–Kier alpha value is -2.15. The molecule has 1 N–H and O–H groups in total. The Labute approximate surface area is 128 Å². The third-order valence-corrected chi connectivity index (χ3v) is 3.51. The van der Waals surface area contributed by atoms with Gasteiger partial charge in [0.05, 0.1) is 5.54 Å². The van der Waals surface area contributed by atoms with Gasteiger partial charge in [0, 0.05) is 13.0 Å². The molecular formula is C12H13F3N4O2S. The predicted octanol–water partition coefficient (Wildman–Crippen LogP) is 2.39. The van der Waals surface area contributed by atoms with Crippen molar-refractivity contribution in [1.29, 1.82) is 0 Å². The minimum Gasteiger partial charge on any atom is -0.308 e. The predicted molar refractivity (Wildman–Crippen MR) is 74.2 cm³/mol. The van der Waals surface area contributed by atoms with E-state index in [1.54, 1.807) is 13.8 Å². The zero-order valence-electron chi connectivity index (χ0n) is 11.8. The summed E-state index contributed by atoms with van der Waals surface area (Å²) in [5.41, 5.74) is -1.02. The Morgan fingerprint density at radius 1 is 1.45 bits per heavy atom. The SMILES string of the molecule is C#CC(C)(C)N(CCC=O)C(=O)Nc1nnc(C(F)(F)F)s1. The number of anilines is 1. The lowest BCUT2D eigenvalue weighted by molar-refractivity contribution is -0.138. The summed E-state index contributed by atoms with van der Waals surface area (Å²) < 4.78 is 37.3. The van der Waals surface area contributed by atoms with Gasteiger partial charge in [-0.1, -0.05) is 17.3 Å². The van der Waals surface area contributed by atoms with E-state index in [1.807, 2.05) is 0 Å². The van der Waals surface area contributed by atoms with Crippen LogP contribution in [0.5, 0.6) is 0 Å². The molecule has 1 heterocycles. The van der Waals surface area contributed by atoms with Crippen molar-refractivity contribution in [3.63, 3.8) is 0 Å². The Morgan fingerprint density at radius 2 is 2.09 bits per heavy atom. The van der Waals surface area contributed by atoms with Crippen LogP contribution < -0.4 is 5.32 Å². The van der Waals surface area contributed by atoms with Gasteiger partial charge in [0.2, 0.25) is 10.1 Å². The van der Waals surface area contributed by atoms with Gasteiger partial charge in [-0.25, -0.2) is 4.79 Å². The second kappa shape index (κ2) is 6.74. The molecular weight excluding hydrogens is 321 g/mol. The summed E-state index contributed by atoms with van der Waals surface area (Å²) in [5.74, 6) is 2.38. The summed E-state index contributed by atoms with van der Waals surface area (Å²) in [6.07, 6.45) is 1.36. The zero-order valence-corrected chi connectivity index (χ0v) is 12.6. The molecule has 1 aromatic heterocycles. The number of amides is 2. The van der Waals surface area contributed by atoms with E-state index in [1.165, 1.54) is 0 Å². The highest BCUT2D eigenvalue weighted by atomic mass is 32.1. The minimum atomic E-state index is -4.63. The molecule has 0 unspecified atom stereocenters. The van der Waals surface area contributed by atoms with E-state index in [9.17, 15) is 22.8 Å². The minimum absolute atomic E-state index is 0.0253. The summed E-state index contributed by atoms with van der Waals surface area (Å²) in [5, 5.41) is 6.95. The summed E-state index contributed by atoms with van der Waals surface area (Å²) in [6, 6.07) is -0.755. The molecule has 1 aromatic rings. The molecule has 0 aromatic carbocycles. The van der Waals surface area contributed by atoms with Crippen LogP contribution in [0.25, 0.3) is 0 Å². The summed E-state index contributed by atoms with van der Waals surface area (Å²) in [7, 11) is 0. The van der Waals surface area contributed by atoms with Gasteiger partial charge in [0.1, 0.15) is 6.29 Å². The first-order chi connectivity index (χ1) is 10.1. The van der Waals surface area contributed by atoms with Crippen LogP contribution in [0.2, 0.25) is 0 Å². The van der Waals surface area contributed by atoms with Crippen molar-refractivity contribution in [2.45, 2.75) is 32.0 Å². The average Bonchev–Trinajstić information content (AvgIpc) is 2.87. The molecule has 0 aliphatic carbocycles. The van der Waals surface area contributed by atoms with Crippen LogP contribution in [0.4, 0.5) is 23.1 Å². The number of nitrogens with zero attached hydrogens (tertiary/aromatic N) is 3. The van der Waals surface area contributed by atoms with Crippen molar-refractivity contribution in [2.24, 2.45) is 0 Å². The number of hydrogen-bond donors (Lipinski definition) is 1. The second-order valence-electron chi connectivity index (χ2n) is 4.65. The number of urea groups is 1. The molecule has 6 nitrogen and oxygen atoms in total. The van der Waals surface area contributed by atoms with Crippen LogP contribution in [-0.4, -0.2) is 39.5 Å². The molecule has 1 rings (SSSR count). The van der Waals surface area contributed by atoms with E-state index in [-0.39, 0.29) is 29.4 Å². The number of rotatable bonds is 5. The van der Waals surface area contributed by atoms with E-state index in [2.05, 4.69) is 21.4 Å². The van der Waals surface area contributed by atoms with E-state index in [0.29, 0.717) is 6.29 Å². The van der Waals surface area contributed by atoms with Gasteiger partial charge in [-0.3, -0.25) is 5.32 Å². The lowest BCUT2D eigenvalue weighted by Crippen LogP contribution is -2.49. The summed E-state index contributed by atoms with van der Waals surface area (Å²) in [4.78, 5) is 23.8. The van der Waals surface area contributed by atoms with Crippen molar-refractivity contribution in [2.75, 3.05) is 11.9 Å². The van der Waals surface area contributed by atoms with Crippen LogP contribution in [0.15, 0.2) is 0 Å². The Kier molecular flexibility index (Phi) is 5.48. The van der Waals surface area contributed by atoms with E-state index < -0.39 is 22.8 Å². The molecule has 0 bridgehead atoms. The van der Waals surface area contributed by atoms with Gasteiger partial charge in [0.15, 0.2) is 0 Å². The number of hydrogen-bond acceptors (Lipinski definition) is 5. The van der Waals surface area contributed by atoms with Crippen LogP contribution in [0.1, 0.15) is 25.3 Å². The monoisotopic (exact) mass is 334 g/mol. The van der Waals surface area contributed by atoms with E-state index in [4.69, 9.17) is 6.42 Å². The first-order valence-corrected chi connectivity index (χ1v) is 6.84. The second-order valence-corrected chi connectivity index (χ2v) is 5.63. The van der Waals surface area contributed by atoms with Crippen LogP contribution >= 0.6 is 11.3 Å². The maximum absolute atomic E-state index is 12.4. The standard InChI is InChI=1S/C12H13F3N4O2S/c1-4-11(2,3)19(6-5-7-20)10(21)16-9-18-17-8(22-9)12(13,14)15/h1,7H,5-6H2,2-3H3,(H,16,18,21). The molecule has 0 spiro atoms. The molecule has 10 heteroatoms. The first kappa shape index (κ1) is 17.9. The number of halogens is 3. The van der Waals surface area contributed by atoms with Gasteiger partial charge in [-0.2, -0.15) is 13.2 Å². The van der Waals surface area contributed by atoms with Crippen LogP contribution in [0.3, 0.4) is 0 Å². The number of carbonyl (C=O) groups excluding carboxylic acids is 2. The average molecular weight is 334 g/mol. The van der Waals surface area contributed by atoms with Gasteiger partial charge in [-0.15, -0.1) is 16.6 Å². The molecule has 0 aliphatic heterocycles. The highest BCUT2D eigenvalue weighted by Crippen LogP contribution is 2.33. The number of carbonyl (C=O) groups is 2. The summed E-state index contributed by atoms with van der Waals surface area (Å²) >= 11 is 0.201. The molecule has 0 atom stereocenters. The third kappa shape index (κ3) is 4.42. The highest BCUT2D eigenvalue weighted by Gasteiger charge is 2.36. The number of aromatic nitrogens is 2. The molecule has 0 fully saturated rings. The number of aldehydes is 1. The lowest BCUT2D eigenvalue weighted by Gasteiger charge is -2.33. The van der Waals surface area contributed by atoms with Crippen LogP contribution in [0, 0.1) is 12.3 Å². The molecule has 0 saturated carbocycles. The maximum atomic E-state index is 12.4. The van der Waals surface area contributed by atoms with Crippen molar-refractivity contribution in [3.05, 3.63) is 5.01 Å². The van der Waals surface area contributed by atoms with Crippen LogP contribution in [-0.2, 0) is 11.0 Å². The van der Waals surface area contributed by atoms with Crippen molar-refractivity contribution >= 4 is 28.8 Å². The fraction of sp³-hybridized carbons (Fsp3) is 0.500. The van der Waals surface area contributed by atoms with Crippen molar-refractivity contribution in [1.82, 2.24) is 15.1 Å². The molecule has 120 valence electrons. The van der Waals surface area contributed by atoms with E-state index in [0.717, 1.165) is 4.90 Å². The Balaban J connectivity index is 2.90. The zero-order chi connectivity index (χ0) is 17.0. The van der Waals surface area contributed by atoms with Gasteiger partial charge in [0.25, 0.3) is 0 Å². The fourth-order valence-corrected chi connectivity index (χ4v) is 2.04. The summed E-state index contributed by atoms with van der Waals surface area (Å²) in [6.45, 7) is 3.16. The van der Waals surface area contributed by atoms with E-state index >= 15 is 0 Å². The van der Waals surface area contributed by atoms with Gasteiger partial charge >= 0.3 is 12.2 Å². The Bertz CT molecular complexity index is 592. The largest absolute Gasteiger partial charge is 0.445 e. The first-order valence-electron chi connectivity index (χ1n) is 6.02. The van der Waals surface area contributed by atoms with Crippen molar-refractivity contribution < 1.29 is 22.8 Å². The maximum Gasteiger partial charge on any atom is 0.445 e. The van der Waals surface area contributed by atoms with Gasteiger partial charge < -0.3 is 9.69 Å². The third-order valence-electron chi connectivity index (χ3n) is 2.63. The molecule has 0 saturated heterocycles. The Morgan fingerprint density at radius 3 is 2.55 bits per heavy atom.